The van der Waals surface area contributed by atoms with Crippen LogP contribution in [-0.2, 0) is 14.9 Å². The SMILES string of the molecule is CCOC(=O)c1nn(-c2ccccc2Cl)c(=O)cc1OS(=O)(=O)c1cccs1. The summed E-state index contributed by atoms with van der Waals surface area (Å²) in [6, 6.07) is 10.1. The Morgan fingerprint density at radius 2 is 2.00 bits per heavy atom. The zero-order chi connectivity index (χ0) is 20.3. The quantitative estimate of drug-likeness (QED) is 0.428. The summed E-state index contributed by atoms with van der Waals surface area (Å²) < 4.78 is 35.5. The molecule has 0 aliphatic rings. The zero-order valence-electron chi connectivity index (χ0n) is 14.4. The number of para-hydroxylation sites is 1. The van der Waals surface area contributed by atoms with Gasteiger partial charge in [0, 0.05) is 0 Å². The fourth-order valence-electron chi connectivity index (χ4n) is 2.21. The predicted octanol–water partition coefficient (Wildman–Crippen LogP) is 2.89. The summed E-state index contributed by atoms with van der Waals surface area (Å²) in [5.41, 5.74) is -0.994. The van der Waals surface area contributed by atoms with Gasteiger partial charge in [0.1, 0.15) is 0 Å². The molecule has 0 bridgehead atoms. The van der Waals surface area contributed by atoms with Gasteiger partial charge in [-0.15, -0.1) is 11.3 Å². The first-order valence-electron chi connectivity index (χ1n) is 7.88. The molecular formula is C17H13ClN2O6S2. The Balaban J connectivity index is 2.15. The first-order valence-corrected chi connectivity index (χ1v) is 10.5. The van der Waals surface area contributed by atoms with Crippen LogP contribution in [0.1, 0.15) is 17.4 Å². The number of thiophene rings is 1. The zero-order valence-corrected chi connectivity index (χ0v) is 16.8. The van der Waals surface area contributed by atoms with Gasteiger partial charge in [0.2, 0.25) is 5.69 Å². The summed E-state index contributed by atoms with van der Waals surface area (Å²) in [5, 5.41) is 5.71. The van der Waals surface area contributed by atoms with Gasteiger partial charge in [0.05, 0.1) is 23.4 Å². The van der Waals surface area contributed by atoms with E-state index in [1.165, 1.54) is 18.2 Å². The lowest BCUT2D eigenvalue weighted by Gasteiger charge is -2.12. The van der Waals surface area contributed by atoms with Crippen molar-refractivity contribution >= 4 is 39.0 Å². The molecule has 0 atom stereocenters. The van der Waals surface area contributed by atoms with Gasteiger partial charge in [0.15, 0.2) is 9.96 Å². The second-order valence-corrected chi connectivity index (χ2v) is 8.38. The van der Waals surface area contributed by atoms with Crippen LogP contribution in [0.25, 0.3) is 5.69 Å². The van der Waals surface area contributed by atoms with E-state index in [9.17, 15) is 18.0 Å². The van der Waals surface area contributed by atoms with Crippen molar-refractivity contribution in [2.24, 2.45) is 0 Å². The van der Waals surface area contributed by atoms with Crippen LogP contribution in [0.5, 0.6) is 5.75 Å². The lowest BCUT2D eigenvalue weighted by molar-refractivity contribution is 0.0515. The minimum atomic E-state index is -4.25. The summed E-state index contributed by atoms with van der Waals surface area (Å²) >= 11 is 7.03. The van der Waals surface area contributed by atoms with E-state index in [4.69, 9.17) is 20.5 Å². The number of hydrogen-bond donors (Lipinski definition) is 0. The number of carbonyl (C=O) groups is 1. The number of esters is 1. The molecule has 28 heavy (non-hydrogen) atoms. The molecule has 0 radical (unpaired) electrons. The van der Waals surface area contributed by atoms with Crippen molar-refractivity contribution in [3.63, 3.8) is 0 Å². The fraction of sp³-hybridized carbons (Fsp3) is 0.118. The first kappa shape index (κ1) is 20.1. The smallest absolute Gasteiger partial charge is 0.362 e. The van der Waals surface area contributed by atoms with E-state index in [1.807, 2.05) is 0 Å². The Hall–Kier alpha value is -2.69. The second kappa shape index (κ2) is 8.13. The van der Waals surface area contributed by atoms with E-state index in [-0.39, 0.29) is 21.5 Å². The molecule has 0 aliphatic heterocycles. The molecule has 146 valence electrons. The molecule has 0 aliphatic carbocycles. The predicted molar refractivity (Wildman–Crippen MR) is 103 cm³/mol. The van der Waals surface area contributed by atoms with Crippen LogP contribution < -0.4 is 9.74 Å². The fourth-order valence-corrected chi connectivity index (χ4v) is 4.30. The van der Waals surface area contributed by atoms with Crippen molar-refractivity contribution in [2.45, 2.75) is 11.1 Å². The Bertz CT molecular complexity index is 1170. The standard InChI is InChI=1S/C17H13ClN2O6S2/c1-2-25-17(22)16-13(26-28(23,24)15-8-5-9-27-15)10-14(21)20(19-16)12-7-4-3-6-11(12)18/h3-10H,2H2,1H3. The molecule has 11 heteroatoms. The average Bonchev–Trinajstić information content (AvgIpc) is 3.18. The van der Waals surface area contributed by atoms with Gasteiger partial charge in [-0.2, -0.15) is 18.2 Å². The van der Waals surface area contributed by atoms with Crippen LogP contribution in [0.2, 0.25) is 5.02 Å². The van der Waals surface area contributed by atoms with E-state index >= 15 is 0 Å². The normalized spacial score (nSPS) is 11.2. The van der Waals surface area contributed by atoms with Crippen molar-refractivity contribution in [3.8, 4) is 11.4 Å². The second-order valence-electron chi connectivity index (χ2n) is 5.25. The minimum Gasteiger partial charge on any atom is -0.461 e. The highest BCUT2D eigenvalue weighted by Gasteiger charge is 2.26. The maximum Gasteiger partial charge on any atom is 0.362 e. The van der Waals surface area contributed by atoms with Gasteiger partial charge in [-0.25, -0.2) is 4.79 Å². The third kappa shape index (κ3) is 4.08. The van der Waals surface area contributed by atoms with Crippen LogP contribution in [0, 0.1) is 0 Å². The molecule has 3 rings (SSSR count). The summed E-state index contributed by atoms with van der Waals surface area (Å²) in [5.74, 6) is -1.47. The lowest BCUT2D eigenvalue weighted by Crippen LogP contribution is -2.26. The molecule has 8 nitrogen and oxygen atoms in total. The van der Waals surface area contributed by atoms with Gasteiger partial charge >= 0.3 is 16.1 Å². The van der Waals surface area contributed by atoms with Crippen molar-refractivity contribution < 1.29 is 22.1 Å². The molecule has 0 unspecified atom stereocenters. The molecule has 0 spiro atoms. The van der Waals surface area contributed by atoms with Gasteiger partial charge in [-0.1, -0.05) is 29.8 Å². The number of hydrogen-bond acceptors (Lipinski definition) is 8. The Morgan fingerprint density at radius 1 is 1.25 bits per heavy atom. The topological polar surface area (TPSA) is 105 Å². The number of rotatable bonds is 6. The van der Waals surface area contributed by atoms with Gasteiger partial charge in [-0.3, -0.25) is 4.79 Å². The van der Waals surface area contributed by atoms with Crippen LogP contribution in [0.3, 0.4) is 0 Å². The van der Waals surface area contributed by atoms with Crippen molar-refractivity contribution in [2.75, 3.05) is 6.61 Å². The molecule has 0 amide bonds. The van der Waals surface area contributed by atoms with E-state index in [2.05, 4.69) is 5.10 Å². The Kier molecular flexibility index (Phi) is 5.82. The highest BCUT2D eigenvalue weighted by Crippen LogP contribution is 2.25. The van der Waals surface area contributed by atoms with E-state index in [0.29, 0.717) is 0 Å². The number of nitrogens with zero attached hydrogens (tertiary/aromatic N) is 2. The molecule has 1 aromatic carbocycles. The molecule has 0 N–H and O–H groups in total. The Morgan fingerprint density at radius 3 is 2.64 bits per heavy atom. The molecular weight excluding hydrogens is 428 g/mol. The molecule has 2 heterocycles. The molecule has 0 saturated heterocycles. The highest BCUT2D eigenvalue weighted by molar-refractivity contribution is 7.89. The number of benzene rings is 1. The monoisotopic (exact) mass is 440 g/mol. The van der Waals surface area contributed by atoms with Crippen molar-refractivity contribution in [1.29, 1.82) is 0 Å². The largest absolute Gasteiger partial charge is 0.461 e. The maximum absolute atomic E-state index is 12.5. The Labute approximate surface area is 169 Å². The number of halogens is 1. The van der Waals surface area contributed by atoms with Crippen LogP contribution >= 0.6 is 22.9 Å². The molecule has 3 aromatic rings. The van der Waals surface area contributed by atoms with Crippen LogP contribution in [-0.4, -0.2) is 30.8 Å². The lowest BCUT2D eigenvalue weighted by atomic mass is 10.3. The minimum absolute atomic E-state index is 0.0167. The summed E-state index contributed by atoms with van der Waals surface area (Å²) in [4.78, 5) is 24.8. The first-order chi connectivity index (χ1) is 13.3. The number of carbonyl (C=O) groups excluding carboxylic acids is 1. The number of ether oxygens (including phenoxy) is 1. The van der Waals surface area contributed by atoms with Gasteiger partial charge in [-0.05, 0) is 30.5 Å². The summed E-state index contributed by atoms with van der Waals surface area (Å²) in [6.45, 7) is 1.59. The van der Waals surface area contributed by atoms with Crippen LogP contribution in [0.15, 0.2) is 56.8 Å². The maximum atomic E-state index is 12.5. The summed E-state index contributed by atoms with van der Waals surface area (Å²) in [7, 11) is -4.25. The highest BCUT2D eigenvalue weighted by atomic mass is 35.5. The van der Waals surface area contributed by atoms with E-state index in [0.717, 1.165) is 22.1 Å². The number of aromatic nitrogens is 2. The van der Waals surface area contributed by atoms with Gasteiger partial charge < -0.3 is 8.92 Å². The molecule has 2 aromatic heterocycles. The average molecular weight is 441 g/mol. The third-order valence-electron chi connectivity index (χ3n) is 3.39. The summed E-state index contributed by atoms with van der Waals surface area (Å²) in [6.07, 6.45) is 0. The third-order valence-corrected chi connectivity index (χ3v) is 6.30. The molecule has 0 fully saturated rings. The van der Waals surface area contributed by atoms with E-state index in [1.54, 1.807) is 30.5 Å². The van der Waals surface area contributed by atoms with Gasteiger partial charge in [0.25, 0.3) is 5.56 Å². The van der Waals surface area contributed by atoms with Crippen LogP contribution in [0.4, 0.5) is 0 Å². The molecule has 0 saturated carbocycles. The van der Waals surface area contributed by atoms with Crippen molar-refractivity contribution in [1.82, 2.24) is 9.78 Å². The van der Waals surface area contributed by atoms with Crippen molar-refractivity contribution in [3.05, 3.63) is 68.9 Å². The van der Waals surface area contributed by atoms with E-state index < -0.39 is 33.1 Å².